The van der Waals surface area contributed by atoms with E-state index in [2.05, 4.69) is 5.32 Å². The number of anilines is 1. The van der Waals surface area contributed by atoms with Crippen LogP contribution in [0.1, 0.15) is 24.2 Å². The van der Waals surface area contributed by atoms with Crippen LogP contribution in [0.15, 0.2) is 24.3 Å². The Morgan fingerprint density at radius 2 is 2.12 bits per heavy atom. The van der Waals surface area contributed by atoms with Crippen LogP contribution >= 0.6 is 0 Å². The third-order valence-corrected chi connectivity index (χ3v) is 2.30. The summed E-state index contributed by atoms with van der Waals surface area (Å²) in [5, 5.41) is 11.7. The van der Waals surface area contributed by atoms with Crippen molar-refractivity contribution in [3.8, 4) is 0 Å². The van der Waals surface area contributed by atoms with Crippen LogP contribution in [-0.2, 0) is 4.79 Å². The summed E-state index contributed by atoms with van der Waals surface area (Å²) in [7, 11) is 0. The van der Waals surface area contributed by atoms with Crippen LogP contribution in [0.4, 0.5) is 5.69 Å². The molecule has 0 amide bonds. The number of carbonyl (C=O) groups excluding carboxylic acids is 1. The smallest absolute Gasteiger partial charge is 0.308 e. The molecular formula is C12H15NO3. The number of carboxylic acid groups (broad SMARTS) is 1. The number of rotatable bonds is 5. The third kappa shape index (κ3) is 3.38. The summed E-state index contributed by atoms with van der Waals surface area (Å²) in [6.45, 7) is 3.47. The lowest BCUT2D eigenvalue weighted by molar-refractivity contribution is -0.140. The summed E-state index contributed by atoms with van der Waals surface area (Å²) < 4.78 is 0. The lowest BCUT2D eigenvalue weighted by Crippen LogP contribution is -2.19. The Morgan fingerprint density at radius 1 is 1.44 bits per heavy atom. The summed E-state index contributed by atoms with van der Waals surface area (Å²) in [6, 6.07) is 7.02. The Bertz CT molecular complexity index is 401. The van der Waals surface area contributed by atoms with Crippen LogP contribution in [0.3, 0.4) is 0 Å². The predicted octanol–water partition coefficient (Wildman–Crippen LogP) is 2.02. The molecule has 0 saturated heterocycles. The van der Waals surface area contributed by atoms with Crippen LogP contribution < -0.4 is 5.32 Å². The highest BCUT2D eigenvalue weighted by Crippen LogP contribution is 2.11. The molecule has 0 radical (unpaired) electrons. The molecule has 4 heteroatoms. The Labute approximate surface area is 94.3 Å². The first-order chi connectivity index (χ1) is 7.50. The number of aliphatic carboxylic acids is 1. The number of hydrogen-bond donors (Lipinski definition) is 2. The van der Waals surface area contributed by atoms with Crippen molar-refractivity contribution in [3.05, 3.63) is 29.8 Å². The van der Waals surface area contributed by atoms with Gasteiger partial charge in [0.25, 0.3) is 0 Å². The quantitative estimate of drug-likeness (QED) is 0.746. The Morgan fingerprint density at radius 3 is 2.69 bits per heavy atom. The topological polar surface area (TPSA) is 66.4 Å². The first kappa shape index (κ1) is 12.2. The summed E-state index contributed by atoms with van der Waals surface area (Å²) in [5.74, 6) is -1.30. The molecule has 0 aromatic heterocycles. The van der Waals surface area contributed by atoms with Gasteiger partial charge in [-0.3, -0.25) is 9.59 Å². The molecule has 1 aromatic carbocycles. The minimum absolute atomic E-state index is 0.00469. The molecule has 0 spiro atoms. The van der Waals surface area contributed by atoms with Gasteiger partial charge >= 0.3 is 5.97 Å². The highest BCUT2D eigenvalue weighted by atomic mass is 16.4. The molecule has 2 N–H and O–H groups in total. The summed E-state index contributed by atoms with van der Waals surface area (Å²) in [4.78, 5) is 21.7. The molecule has 16 heavy (non-hydrogen) atoms. The van der Waals surface area contributed by atoms with Gasteiger partial charge in [0.05, 0.1) is 5.92 Å². The monoisotopic (exact) mass is 221 g/mol. The minimum atomic E-state index is -0.838. The molecule has 0 heterocycles. The number of ketones is 1. The highest BCUT2D eigenvalue weighted by molar-refractivity contribution is 5.94. The van der Waals surface area contributed by atoms with Crippen molar-refractivity contribution in [2.24, 2.45) is 5.92 Å². The molecule has 1 atom stereocenters. The van der Waals surface area contributed by atoms with E-state index in [0.717, 1.165) is 5.69 Å². The number of benzene rings is 1. The van der Waals surface area contributed by atoms with Crippen molar-refractivity contribution < 1.29 is 14.7 Å². The van der Waals surface area contributed by atoms with Crippen molar-refractivity contribution in [1.29, 1.82) is 0 Å². The van der Waals surface area contributed by atoms with E-state index in [-0.39, 0.29) is 5.78 Å². The van der Waals surface area contributed by atoms with Crippen molar-refractivity contribution in [1.82, 2.24) is 0 Å². The first-order valence-corrected chi connectivity index (χ1v) is 5.08. The van der Waals surface area contributed by atoms with Gasteiger partial charge in [0.2, 0.25) is 0 Å². The summed E-state index contributed by atoms with van der Waals surface area (Å²) in [6.07, 6.45) is 0. The molecule has 1 unspecified atom stereocenters. The van der Waals surface area contributed by atoms with Gasteiger partial charge < -0.3 is 10.4 Å². The molecular weight excluding hydrogens is 206 g/mol. The number of carboxylic acids is 1. The molecule has 0 aliphatic heterocycles. The van der Waals surface area contributed by atoms with E-state index in [4.69, 9.17) is 5.11 Å². The van der Waals surface area contributed by atoms with Crippen molar-refractivity contribution >= 4 is 17.4 Å². The zero-order valence-electron chi connectivity index (χ0n) is 9.36. The van der Waals surface area contributed by atoms with Gasteiger partial charge in [-0.15, -0.1) is 0 Å². The Kier molecular flexibility index (Phi) is 4.05. The van der Waals surface area contributed by atoms with Gasteiger partial charge in [-0.05, 0) is 19.1 Å². The van der Waals surface area contributed by atoms with Crippen LogP contribution in [-0.4, -0.2) is 23.4 Å². The largest absolute Gasteiger partial charge is 0.481 e. The van der Waals surface area contributed by atoms with E-state index in [1.165, 1.54) is 6.92 Å². The second-order valence-electron chi connectivity index (χ2n) is 3.76. The highest BCUT2D eigenvalue weighted by Gasteiger charge is 2.10. The summed E-state index contributed by atoms with van der Waals surface area (Å²) in [5.41, 5.74) is 1.38. The number of hydrogen-bond acceptors (Lipinski definition) is 3. The average Bonchev–Trinajstić information content (AvgIpc) is 2.26. The van der Waals surface area contributed by atoms with E-state index in [0.29, 0.717) is 12.1 Å². The van der Waals surface area contributed by atoms with E-state index in [1.807, 2.05) is 0 Å². The molecule has 0 aliphatic carbocycles. The van der Waals surface area contributed by atoms with E-state index < -0.39 is 11.9 Å². The van der Waals surface area contributed by atoms with Gasteiger partial charge in [-0.25, -0.2) is 0 Å². The van der Waals surface area contributed by atoms with Crippen molar-refractivity contribution in [3.63, 3.8) is 0 Å². The standard InChI is InChI=1S/C12H15NO3/c1-8(12(15)16)7-13-11-5-3-4-10(6-11)9(2)14/h3-6,8,13H,7H2,1-2H3,(H,15,16). The van der Waals surface area contributed by atoms with E-state index >= 15 is 0 Å². The van der Waals surface area contributed by atoms with Gasteiger partial charge in [-0.1, -0.05) is 19.1 Å². The van der Waals surface area contributed by atoms with Gasteiger partial charge in [-0.2, -0.15) is 0 Å². The first-order valence-electron chi connectivity index (χ1n) is 5.08. The third-order valence-electron chi connectivity index (χ3n) is 2.30. The zero-order chi connectivity index (χ0) is 12.1. The van der Waals surface area contributed by atoms with Crippen LogP contribution in [0.25, 0.3) is 0 Å². The second kappa shape index (κ2) is 5.30. The molecule has 0 aliphatic rings. The van der Waals surface area contributed by atoms with Crippen molar-refractivity contribution in [2.75, 3.05) is 11.9 Å². The fraction of sp³-hybridized carbons (Fsp3) is 0.333. The van der Waals surface area contributed by atoms with Gasteiger partial charge in [0, 0.05) is 17.8 Å². The minimum Gasteiger partial charge on any atom is -0.481 e. The fourth-order valence-corrected chi connectivity index (χ4v) is 1.21. The molecule has 1 aromatic rings. The lowest BCUT2D eigenvalue weighted by atomic mass is 10.1. The number of nitrogens with one attached hydrogen (secondary N) is 1. The maximum absolute atomic E-state index is 11.1. The Hall–Kier alpha value is -1.84. The average molecular weight is 221 g/mol. The lowest BCUT2D eigenvalue weighted by Gasteiger charge is -2.10. The fourth-order valence-electron chi connectivity index (χ4n) is 1.21. The van der Waals surface area contributed by atoms with Crippen LogP contribution in [0, 0.1) is 5.92 Å². The maximum Gasteiger partial charge on any atom is 0.308 e. The van der Waals surface area contributed by atoms with Crippen LogP contribution in [0.2, 0.25) is 0 Å². The van der Waals surface area contributed by atoms with Gasteiger partial charge in [0.1, 0.15) is 0 Å². The normalized spacial score (nSPS) is 11.9. The maximum atomic E-state index is 11.1. The van der Waals surface area contributed by atoms with E-state index in [1.54, 1.807) is 31.2 Å². The van der Waals surface area contributed by atoms with Gasteiger partial charge in [0.15, 0.2) is 5.78 Å². The molecule has 0 bridgehead atoms. The van der Waals surface area contributed by atoms with Crippen LogP contribution in [0.5, 0.6) is 0 Å². The van der Waals surface area contributed by atoms with Crippen molar-refractivity contribution in [2.45, 2.75) is 13.8 Å². The zero-order valence-corrected chi connectivity index (χ0v) is 9.36. The predicted molar refractivity (Wildman–Crippen MR) is 61.7 cm³/mol. The second-order valence-corrected chi connectivity index (χ2v) is 3.76. The van der Waals surface area contributed by atoms with E-state index in [9.17, 15) is 9.59 Å². The number of Topliss-reactive ketones (excluding diaryl/α,β-unsaturated/α-hetero) is 1. The summed E-state index contributed by atoms with van der Waals surface area (Å²) >= 11 is 0. The Balaban J connectivity index is 2.64. The number of carbonyl (C=O) groups is 2. The molecule has 1 rings (SSSR count). The SMILES string of the molecule is CC(=O)c1cccc(NCC(C)C(=O)O)c1. The molecule has 86 valence electrons. The molecule has 0 saturated carbocycles. The molecule has 0 fully saturated rings. The molecule has 4 nitrogen and oxygen atoms in total.